The number of hydrogen-bond acceptors (Lipinski definition) is 4. The summed E-state index contributed by atoms with van der Waals surface area (Å²) in [5.41, 5.74) is 1.30. The van der Waals surface area contributed by atoms with E-state index in [9.17, 15) is 18.0 Å². The van der Waals surface area contributed by atoms with E-state index in [0.29, 0.717) is 23.4 Å². The van der Waals surface area contributed by atoms with Crippen molar-refractivity contribution in [3.05, 3.63) is 46.5 Å². The Hall–Kier alpha value is -2.09. The molecule has 0 aliphatic rings. The number of nitrogens with one attached hydrogen (secondary N) is 2. The van der Waals surface area contributed by atoms with Crippen molar-refractivity contribution >= 4 is 22.4 Å². The van der Waals surface area contributed by atoms with Gasteiger partial charge in [0.05, 0.1) is 6.20 Å². The number of thiazole rings is 1. The van der Waals surface area contributed by atoms with Gasteiger partial charge in [-0.05, 0) is 24.6 Å². The van der Waals surface area contributed by atoms with Crippen LogP contribution in [0.1, 0.15) is 27.7 Å². The minimum absolute atomic E-state index is 0.182. The fraction of sp³-hybridized carbons (Fsp3) is 0.286. The summed E-state index contributed by atoms with van der Waals surface area (Å²) in [6.45, 7) is 2.64. The predicted molar refractivity (Wildman–Crippen MR) is 78.9 cm³/mol. The van der Waals surface area contributed by atoms with Crippen molar-refractivity contribution in [1.82, 2.24) is 10.3 Å². The maximum absolute atomic E-state index is 12.5. The summed E-state index contributed by atoms with van der Waals surface area (Å²) in [4.78, 5) is 14.7. The molecule has 1 aromatic heterocycles. The highest BCUT2D eigenvalue weighted by atomic mass is 32.1. The number of halogens is 3. The van der Waals surface area contributed by atoms with E-state index in [4.69, 9.17) is 0 Å². The fourth-order valence-electron chi connectivity index (χ4n) is 1.75. The Morgan fingerprint density at radius 3 is 2.77 bits per heavy atom. The van der Waals surface area contributed by atoms with E-state index in [1.807, 2.05) is 6.92 Å². The quantitative estimate of drug-likeness (QED) is 0.882. The number of anilines is 1. The minimum atomic E-state index is -4.38. The average molecular weight is 329 g/mol. The third kappa shape index (κ3) is 4.20. The molecular formula is C14H14F3N3OS. The standard InChI is InChI=1S/C14H14F3N3OS/c1-2-18-12(21)10-5-3-4-9(6-10)7-19-13-20-8-11(22-13)14(15,16)17/h3-6,8H,2,7H2,1H3,(H,18,21)(H,19,20). The second-order valence-corrected chi connectivity index (χ2v) is 5.47. The third-order valence-corrected chi connectivity index (χ3v) is 3.76. The molecule has 0 saturated carbocycles. The number of carbonyl (C=O) groups is 1. The Labute approximate surface area is 129 Å². The van der Waals surface area contributed by atoms with Crippen LogP contribution in [0, 0.1) is 0 Å². The molecule has 0 unspecified atom stereocenters. The number of hydrogen-bond donors (Lipinski definition) is 2. The normalized spacial score (nSPS) is 11.3. The predicted octanol–water partition coefficient (Wildman–Crippen LogP) is 3.52. The lowest BCUT2D eigenvalue weighted by atomic mass is 10.1. The molecule has 118 valence electrons. The van der Waals surface area contributed by atoms with E-state index in [1.54, 1.807) is 24.3 Å². The van der Waals surface area contributed by atoms with E-state index in [-0.39, 0.29) is 17.6 Å². The Balaban J connectivity index is 2.01. The van der Waals surface area contributed by atoms with Crippen LogP contribution in [0.2, 0.25) is 0 Å². The molecule has 2 N–H and O–H groups in total. The molecule has 0 fully saturated rings. The fourth-order valence-corrected chi connectivity index (χ4v) is 2.43. The third-order valence-electron chi connectivity index (χ3n) is 2.76. The SMILES string of the molecule is CCNC(=O)c1cccc(CNc2ncc(C(F)(F)F)s2)c1. The van der Waals surface area contributed by atoms with Crippen molar-refractivity contribution in [3.63, 3.8) is 0 Å². The Bertz CT molecular complexity index is 655. The molecule has 2 aromatic rings. The molecule has 2 rings (SSSR count). The molecule has 1 heterocycles. The maximum Gasteiger partial charge on any atom is 0.427 e. The molecule has 0 aliphatic heterocycles. The van der Waals surface area contributed by atoms with Crippen LogP contribution in [0.4, 0.5) is 18.3 Å². The van der Waals surface area contributed by atoms with E-state index in [1.165, 1.54) is 0 Å². The van der Waals surface area contributed by atoms with Crippen LogP contribution in [0.25, 0.3) is 0 Å². The summed E-state index contributed by atoms with van der Waals surface area (Å²) in [6, 6.07) is 6.88. The molecule has 0 bridgehead atoms. The lowest BCUT2D eigenvalue weighted by Crippen LogP contribution is -2.22. The van der Waals surface area contributed by atoms with E-state index in [2.05, 4.69) is 15.6 Å². The van der Waals surface area contributed by atoms with Gasteiger partial charge in [-0.1, -0.05) is 23.5 Å². The van der Waals surface area contributed by atoms with Gasteiger partial charge < -0.3 is 10.6 Å². The van der Waals surface area contributed by atoms with Gasteiger partial charge in [0.2, 0.25) is 0 Å². The maximum atomic E-state index is 12.5. The van der Waals surface area contributed by atoms with Gasteiger partial charge in [0.15, 0.2) is 5.13 Å². The Morgan fingerprint density at radius 2 is 2.14 bits per heavy atom. The van der Waals surface area contributed by atoms with E-state index in [0.717, 1.165) is 11.8 Å². The number of nitrogens with zero attached hydrogens (tertiary/aromatic N) is 1. The molecule has 1 aromatic carbocycles. The van der Waals surface area contributed by atoms with Gasteiger partial charge in [-0.3, -0.25) is 4.79 Å². The molecule has 22 heavy (non-hydrogen) atoms. The summed E-state index contributed by atoms with van der Waals surface area (Å²) < 4.78 is 37.4. The molecular weight excluding hydrogens is 315 g/mol. The van der Waals surface area contributed by atoms with Crippen LogP contribution in [-0.4, -0.2) is 17.4 Å². The number of benzene rings is 1. The van der Waals surface area contributed by atoms with Crippen molar-refractivity contribution < 1.29 is 18.0 Å². The van der Waals surface area contributed by atoms with Gasteiger partial charge in [0.25, 0.3) is 5.91 Å². The molecule has 0 radical (unpaired) electrons. The number of carbonyl (C=O) groups excluding carboxylic acids is 1. The molecule has 8 heteroatoms. The Kier molecular flexibility index (Phi) is 5.02. The summed E-state index contributed by atoms with van der Waals surface area (Å²) in [6.07, 6.45) is -3.58. The highest BCUT2D eigenvalue weighted by molar-refractivity contribution is 7.15. The second-order valence-electron chi connectivity index (χ2n) is 4.44. The van der Waals surface area contributed by atoms with Crippen molar-refractivity contribution in [1.29, 1.82) is 0 Å². The van der Waals surface area contributed by atoms with Crippen LogP contribution in [0.5, 0.6) is 0 Å². The monoisotopic (exact) mass is 329 g/mol. The first-order chi connectivity index (χ1) is 10.4. The molecule has 4 nitrogen and oxygen atoms in total. The van der Waals surface area contributed by atoms with Crippen LogP contribution in [-0.2, 0) is 12.7 Å². The zero-order valence-corrected chi connectivity index (χ0v) is 12.5. The minimum Gasteiger partial charge on any atom is -0.357 e. The number of alkyl halides is 3. The highest BCUT2D eigenvalue weighted by Crippen LogP contribution is 2.35. The zero-order chi connectivity index (χ0) is 16.2. The van der Waals surface area contributed by atoms with Crippen LogP contribution >= 0.6 is 11.3 Å². The highest BCUT2D eigenvalue weighted by Gasteiger charge is 2.33. The first-order valence-corrected chi connectivity index (χ1v) is 7.36. The van der Waals surface area contributed by atoms with Crippen LogP contribution in [0.3, 0.4) is 0 Å². The topological polar surface area (TPSA) is 54.0 Å². The number of rotatable bonds is 5. The van der Waals surface area contributed by atoms with Gasteiger partial charge in [-0.25, -0.2) is 4.98 Å². The summed E-state index contributed by atoms with van der Waals surface area (Å²) in [7, 11) is 0. The van der Waals surface area contributed by atoms with Gasteiger partial charge in [-0.15, -0.1) is 0 Å². The first-order valence-electron chi connectivity index (χ1n) is 6.54. The lowest BCUT2D eigenvalue weighted by Gasteiger charge is -2.06. The average Bonchev–Trinajstić information content (AvgIpc) is 2.95. The summed E-state index contributed by atoms with van der Waals surface area (Å²) in [5.74, 6) is -0.182. The first kappa shape index (κ1) is 16.3. The smallest absolute Gasteiger partial charge is 0.357 e. The van der Waals surface area contributed by atoms with Crippen molar-refractivity contribution in [2.45, 2.75) is 19.6 Å². The summed E-state index contributed by atoms with van der Waals surface area (Å²) in [5, 5.41) is 5.71. The second kappa shape index (κ2) is 6.78. The molecule has 0 saturated heterocycles. The molecule has 1 amide bonds. The van der Waals surface area contributed by atoms with Crippen LogP contribution < -0.4 is 10.6 Å². The number of aromatic nitrogens is 1. The molecule has 0 atom stereocenters. The van der Waals surface area contributed by atoms with Crippen molar-refractivity contribution in [2.75, 3.05) is 11.9 Å². The van der Waals surface area contributed by atoms with Crippen molar-refractivity contribution in [2.24, 2.45) is 0 Å². The number of amides is 1. The molecule has 0 spiro atoms. The van der Waals surface area contributed by atoms with Gasteiger partial charge in [0.1, 0.15) is 4.88 Å². The molecule has 0 aliphatic carbocycles. The van der Waals surface area contributed by atoms with E-state index < -0.39 is 11.1 Å². The van der Waals surface area contributed by atoms with E-state index >= 15 is 0 Å². The van der Waals surface area contributed by atoms with Gasteiger partial charge in [0, 0.05) is 18.7 Å². The Morgan fingerprint density at radius 1 is 1.36 bits per heavy atom. The van der Waals surface area contributed by atoms with Crippen molar-refractivity contribution in [3.8, 4) is 0 Å². The largest absolute Gasteiger partial charge is 0.427 e. The zero-order valence-electron chi connectivity index (χ0n) is 11.7. The lowest BCUT2D eigenvalue weighted by molar-refractivity contribution is -0.134. The van der Waals surface area contributed by atoms with Crippen LogP contribution in [0.15, 0.2) is 30.5 Å². The van der Waals surface area contributed by atoms with Gasteiger partial charge in [-0.2, -0.15) is 13.2 Å². The summed E-state index contributed by atoms with van der Waals surface area (Å²) >= 11 is 0.551. The van der Waals surface area contributed by atoms with Gasteiger partial charge >= 0.3 is 6.18 Å².